The zero-order chi connectivity index (χ0) is 34.3. The molecule has 4 aromatic rings. The fraction of sp³-hybridized carbons (Fsp3) is 0.441. The summed E-state index contributed by atoms with van der Waals surface area (Å²) in [6.07, 6.45) is 6.69. The number of anilines is 3. The number of nitrogens with one attached hydrogen (secondary N) is 1. The van der Waals surface area contributed by atoms with Crippen molar-refractivity contribution in [2.75, 3.05) is 23.3 Å². The number of carbonyl (C=O) groups excluding carboxylic acids is 2. The van der Waals surface area contributed by atoms with Gasteiger partial charge in [0.1, 0.15) is 18.0 Å². The van der Waals surface area contributed by atoms with Crippen LogP contribution < -0.4 is 10.2 Å². The molecule has 0 saturated heterocycles. The Kier molecular flexibility index (Phi) is 8.94. The minimum atomic E-state index is -1.26. The average molecular weight is 643 g/mol. The highest BCUT2D eigenvalue weighted by Crippen LogP contribution is 2.33. The van der Waals surface area contributed by atoms with Gasteiger partial charge in [-0.05, 0) is 78.5 Å². The second-order valence-electron chi connectivity index (χ2n) is 13.8. The Labute approximate surface area is 274 Å². The molecule has 0 atom stereocenters. The van der Waals surface area contributed by atoms with Crippen LogP contribution in [0.15, 0.2) is 43.0 Å². The molecule has 47 heavy (non-hydrogen) atoms. The quantitative estimate of drug-likeness (QED) is 0.249. The minimum absolute atomic E-state index is 0.0472. The Balaban J connectivity index is 1.44. The summed E-state index contributed by atoms with van der Waals surface area (Å²) in [5, 5.41) is 19.4. The molecule has 0 radical (unpaired) electrons. The van der Waals surface area contributed by atoms with Gasteiger partial charge in [-0.2, -0.15) is 5.10 Å². The van der Waals surface area contributed by atoms with E-state index < -0.39 is 23.1 Å². The number of aliphatic carboxylic acids is 1. The van der Waals surface area contributed by atoms with Gasteiger partial charge in [0, 0.05) is 66.9 Å². The lowest BCUT2D eigenvalue weighted by Crippen LogP contribution is -2.45. The molecule has 1 aliphatic heterocycles. The molecule has 0 aromatic carbocycles. The smallest absolute Gasteiger partial charge is 0.414 e. The summed E-state index contributed by atoms with van der Waals surface area (Å²) in [5.41, 5.74) is 1.35. The van der Waals surface area contributed by atoms with Crippen molar-refractivity contribution in [1.29, 1.82) is 0 Å². The zero-order valence-corrected chi connectivity index (χ0v) is 28.2. The first-order chi connectivity index (χ1) is 22.0. The summed E-state index contributed by atoms with van der Waals surface area (Å²) < 4.78 is 7.41. The number of pyridine rings is 3. The number of amides is 2. The van der Waals surface area contributed by atoms with E-state index in [0.717, 1.165) is 16.5 Å². The number of hydrogen-bond acceptors (Lipinski definition) is 9. The van der Waals surface area contributed by atoms with Gasteiger partial charge < -0.3 is 20.1 Å². The van der Waals surface area contributed by atoms with Crippen molar-refractivity contribution >= 4 is 46.1 Å². The number of carboxylic acids is 1. The molecule has 0 fully saturated rings. The molecule has 5 heterocycles. The van der Waals surface area contributed by atoms with E-state index >= 15 is 0 Å². The number of carboxylic acid groups (broad SMARTS) is 1. The van der Waals surface area contributed by atoms with Crippen LogP contribution in [0.2, 0.25) is 0 Å². The lowest BCUT2D eigenvalue weighted by Gasteiger charge is -2.32. The van der Waals surface area contributed by atoms with E-state index in [-0.39, 0.29) is 25.0 Å². The van der Waals surface area contributed by atoms with Crippen LogP contribution in [-0.4, -0.2) is 77.4 Å². The number of hydrogen-bond donors (Lipinski definition) is 2. The molecule has 2 N–H and O–H groups in total. The molecule has 0 aliphatic carbocycles. The van der Waals surface area contributed by atoms with E-state index in [2.05, 4.69) is 25.4 Å². The standard InChI is InChI=1S/C34H42N8O5/c1-20(2)40-10-9-24-13-29(39-42(24)18-30(40)43)38-28-12-22-11-26(36-14-23(22)15-37-28)25-16-35-17-27(21(25)3)41(19-34(7,8)31(44)45)32(46)47-33(4,5)6/h11-17,20H,9-10,18-19H2,1-8H3,(H,44,45)(H,37,38,39). The fourth-order valence-corrected chi connectivity index (χ4v) is 5.44. The molecule has 248 valence electrons. The average Bonchev–Trinajstić information content (AvgIpc) is 3.27. The lowest BCUT2D eigenvalue weighted by molar-refractivity contribution is -0.146. The largest absolute Gasteiger partial charge is 0.481 e. The second-order valence-corrected chi connectivity index (χ2v) is 13.8. The summed E-state index contributed by atoms with van der Waals surface area (Å²) in [6.45, 7) is 15.0. The van der Waals surface area contributed by atoms with Crippen LogP contribution in [-0.2, 0) is 27.3 Å². The molecule has 0 bridgehead atoms. The molecule has 0 unspecified atom stereocenters. The first-order valence-electron chi connectivity index (χ1n) is 15.6. The molecule has 0 saturated carbocycles. The SMILES string of the molecule is Cc1c(-c2cc3cc(Nc4cc5n(n4)CC(=O)N(C(C)C)CC5)ncc3cn2)cncc1N(CC(C)(C)C(=O)O)C(=O)OC(C)(C)C. The van der Waals surface area contributed by atoms with Crippen molar-refractivity contribution < 1.29 is 24.2 Å². The Morgan fingerprint density at radius 1 is 1.02 bits per heavy atom. The van der Waals surface area contributed by atoms with Crippen LogP contribution >= 0.6 is 0 Å². The third-order valence-corrected chi connectivity index (χ3v) is 8.06. The monoisotopic (exact) mass is 642 g/mol. The summed E-state index contributed by atoms with van der Waals surface area (Å²) in [4.78, 5) is 54.9. The number of carbonyl (C=O) groups is 3. The van der Waals surface area contributed by atoms with Crippen molar-refractivity contribution in [3.63, 3.8) is 0 Å². The first-order valence-corrected chi connectivity index (χ1v) is 15.6. The van der Waals surface area contributed by atoms with Gasteiger partial charge in [0.05, 0.1) is 23.0 Å². The van der Waals surface area contributed by atoms with Crippen molar-refractivity contribution in [3.8, 4) is 11.3 Å². The summed E-state index contributed by atoms with van der Waals surface area (Å²) >= 11 is 0. The second kappa shape index (κ2) is 12.6. The predicted molar refractivity (Wildman–Crippen MR) is 179 cm³/mol. The Hall–Kier alpha value is -5.07. The number of ether oxygens (including phenoxy) is 1. The topological polar surface area (TPSA) is 156 Å². The summed E-state index contributed by atoms with van der Waals surface area (Å²) in [7, 11) is 0. The highest BCUT2D eigenvalue weighted by molar-refractivity contribution is 5.93. The molecule has 5 rings (SSSR count). The predicted octanol–water partition coefficient (Wildman–Crippen LogP) is 5.59. The van der Waals surface area contributed by atoms with E-state index in [1.807, 2.05) is 43.9 Å². The maximum atomic E-state index is 13.4. The first kappa shape index (κ1) is 33.3. The van der Waals surface area contributed by atoms with E-state index in [1.54, 1.807) is 57.9 Å². The Morgan fingerprint density at radius 3 is 2.43 bits per heavy atom. The van der Waals surface area contributed by atoms with Gasteiger partial charge in [0.2, 0.25) is 5.91 Å². The molecule has 4 aromatic heterocycles. The minimum Gasteiger partial charge on any atom is -0.481 e. The van der Waals surface area contributed by atoms with Gasteiger partial charge in [-0.15, -0.1) is 0 Å². The number of rotatable bonds is 8. The number of fused-ring (bicyclic) bond motifs is 2. The maximum absolute atomic E-state index is 13.4. The van der Waals surface area contributed by atoms with Gasteiger partial charge in [-0.1, -0.05) is 0 Å². The van der Waals surface area contributed by atoms with E-state index in [1.165, 1.54) is 11.1 Å². The molecular formula is C34H42N8O5. The Morgan fingerprint density at radius 2 is 1.74 bits per heavy atom. The van der Waals surface area contributed by atoms with Gasteiger partial charge in [0.15, 0.2) is 5.82 Å². The molecule has 13 nitrogen and oxygen atoms in total. The number of aromatic nitrogens is 5. The molecule has 1 aliphatic rings. The van der Waals surface area contributed by atoms with Gasteiger partial charge in [-0.25, -0.2) is 9.78 Å². The highest BCUT2D eigenvalue weighted by atomic mass is 16.6. The van der Waals surface area contributed by atoms with Gasteiger partial charge >= 0.3 is 12.1 Å². The molecular weight excluding hydrogens is 600 g/mol. The van der Waals surface area contributed by atoms with Gasteiger partial charge in [-0.3, -0.25) is 29.1 Å². The third kappa shape index (κ3) is 7.34. The van der Waals surface area contributed by atoms with Crippen LogP contribution in [0.5, 0.6) is 0 Å². The van der Waals surface area contributed by atoms with Crippen molar-refractivity contribution in [3.05, 3.63) is 54.2 Å². The van der Waals surface area contributed by atoms with Crippen molar-refractivity contribution in [1.82, 2.24) is 29.6 Å². The Bertz CT molecular complexity index is 1840. The van der Waals surface area contributed by atoms with E-state index in [9.17, 15) is 19.5 Å². The normalized spacial score (nSPS) is 13.8. The maximum Gasteiger partial charge on any atom is 0.414 e. The van der Waals surface area contributed by atoms with Gasteiger partial charge in [0.25, 0.3) is 0 Å². The van der Waals surface area contributed by atoms with Crippen molar-refractivity contribution in [2.45, 2.75) is 80.0 Å². The van der Waals surface area contributed by atoms with E-state index in [4.69, 9.17) is 4.74 Å². The molecule has 0 spiro atoms. The van der Waals surface area contributed by atoms with Crippen molar-refractivity contribution in [2.24, 2.45) is 5.41 Å². The van der Waals surface area contributed by atoms with Crippen LogP contribution in [0.3, 0.4) is 0 Å². The van der Waals surface area contributed by atoms with Crippen LogP contribution in [0.1, 0.15) is 59.7 Å². The summed E-state index contributed by atoms with van der Waals surface area (Å²) in [6, 6.07) is 5.90. The summed E-state index contributed by atoms with van der Waals surface area (Å²) in [5.74, 6) is 0.185. The van der Waals surface area contributed by atoms with Crippen LogP contribution in [0.4, 0.5) is 22.1 Å². The van der Waals surface area contributed by atoms with E-state index in [0.29, 0.717) is 47.1 Å². The highest BCUT2D eigenvalue weighted by Gasteiger charge is 2.35. The lowest BCUT2D eigenvalue weighted by atomic mass is 9.92. The molecule has 2 amide bonds. The zero-order valence-electron chi connectivity index (χ0n) is 28.2. The van der Waals surface area contributed by atoms with Crippen LogP contribution in [0.25, 0.3) is 22.0 Å². The fourth-order valence-electron chi connectivity index (χ4n) is 5.44. The third-order valence-electron chi connectivity index (χ3n) is 8.06. The molecule has 13 heteroatoms. The van der Waals surface area contributed by atoms with Crippen LogP contribution in [0, 0.1) is 12.3 Å². The number of nitrogens with zero attached hydrogens (tertiary/aromatic N) is 7.